The quantitative estimate of drug-likeness (QED) is 0.511. The molecule has 1 aromatic heterocycles. The van der Waals surface area contributed by atoms with Crippen LogP contribution in [0, 0.1) is 10.1 Å². The summed E-state index contributed by atoms with van der Waals surface area (Å²) >= 11 is 0. The highest BCUT2D eigenvalue weighted by molar-refractivity contribution is 5.96. The molecule has 2 aromatic carbocycles. The molecule has 1 heterocycles. The Hall–Kier alpha value is -3.20. The first kappa shape index (κ1) is 18.6. The maximum atomic E-state index is 13.1. The van der Waals surface area contributed by atoms with Crippen molar-refractivity contribution >= 4 is 22.3 Å². The number of halogens is 3. The first-order valence-corrected chi connectivity index (χ1v) is 7.89. The molecule has 3 rings (SSSR count). The lowest BCUT2D eigenvalue weighted by Gasteiger charge is -2.18. The highest BCUT2D eigenvalue weighted by atomic mass is 19.4. The van der Waals surface area contributed by atoms with Crippen LogP contribution in [0.15, 0.2) is 54.7 Å². The number of anilines is 1. The summed E-state index contributed by atoms with van der Waals surface area (Å²) in [6.07, 6.45) is -4.57. The summed E-state index contributed by atoms with van der Waals surface area (Å²) in [5.41, 5.74) is -0.628. The first-order valence-electron chi connectivity index (χ1n) is 7.89. The summed E-state index contributed by atoms with van der Waals surface area (Å²) in [4.78, 5) is 14.7. The van der Waals surface area contributed by atoms with Gasteiger partial charge in [-0.15, -0.1) is 0 Å². The van der Waals surface area contributed by atoms with Gasteiger partial charge in [-0.2, -0.15) is 13.2 Å². The van der Waals surface area contributed by atoms with E-state index in [4.69, 9.17) is 0 Å². The van der Waals surface area contributed by atoms with Crippen molar-refractivity contribution in [2.24, 2.45) is 0 Å². The maximum absolute atomic E-state index is 13.1. The number of aliphatic hydroxyl groups excluding tert-OH is 1. The van der Waals surface area contributed by atoms with Gasteiger partial charge in [0, 0.05) is 18.8 Å². The van der Waals surface area contributed by atoms with Crippen LogP contribution < -0.4 is 5.32 Å². The van der Waals surface area contributed by atoms with E-state index in [0.29, 0.717) is 11.2 Å². The third kappa shape index (κ3) is 3.82. The van der Waals surface area contributed by atoms with E-state index in [-0.39, 0.29) is 23.2 Å². The second kappa shape index (κ2) is 7.20. The molecule has 27 heavy (non-hydrogen) atoms. The number of aliphatic hydroxyl groups is 1. The van der Waals surface area contributed by atoms with E-state index in [2.05, 4.69) is 10.3 Å². The van der Waals surface area contributed by atoms with E-state index in [0.717, 1.165) is 6.07 Å². The minimum Gasteiger partial charge on any atom is -0.387 e. The Labute approximate surface area is 151 Å². The third-order valence-electron chi connectivity index (χ3n) is 4.05. The normalized spacial score (nSPS) is 12.7. The number of benzene rings is 2. The lowest BCUT2D eigenvalue weighted by molar-refractivity contribution is -0.383. The lowest BCUT2D eigenvalue weighted by Crippen LogP contribution is -2.17. The molecule has 6 nitrogen and oxygen atoms in total. The molecule has 1 unspecified atom stereocenters. The van der Waals surface area contributed by atoms with Crippen molar-refractivity contribution in [2.45, 2.75) is 12.3 Å². The fourth-order valence-corrected chi connectivity index (χ4v) is 2.82. The predicted molar refractivity (Wildman–Crippen MR) is 93.3 cm³/mol. The molecular weight excluding hydrogens is 363 g/mol. The number of rotatable bonds is 5. The number of nitro benzene ring substituents is 1. The Kier molecular flexibility index (Phi) is 4.95. The zero-order valence-corrected chi connectivity index (χ0v) is 13.8. The van der Waals surface area contributed by atoms with Crippen molar-refractivity contribution in [1.29, 1.82) is 0 Å². The average molecular weight is 377 g/mol. The highest BCUT2D eigenvalue weighted by Crippen LogP contribution is 2.35. The van der Waals surface area contributed by atoms with Crippen LogP contribution in [0.4, 0.5) is 24.5 Å². The van der Waals surface area contributed by atoms with Crippen LogP contribution >= 0.6 is 0 Å². The second-order valence-electron chi connectivity index (χ2n) is 5.77. The van der Waals surface area contributed by atoms with Crippen molar-refractivity contribution in [1.82, 2.24) is 4.98 Å². The van der Waals surface area contributed by atoms with E-state index in [1.54, 1.807) is 6.07 Å². The summed E-state index contributed by atoms with van der Waals surface area (Å²) < 4.78 is 39.3. The molecule has 0 radical (unpaired) electrons. The molecule has 0 aliphatic heterocycles. The number of fused-ring (bicyclic) bond motifs is 1. The van der Waals surface area contributed by atoms with Crippen LogP contribution in [0.5, 0.6) is 0 Å². The number of hydrogen-bond acceptors (Lipinski definition) is 5. The lowest BCUT2D eigenvalue weighted by atomic mass is 10.0. The van der Waals surface area contributed by atoms with Gasteiger partial charge in [-0.1, -0.05) is 18.2 Å². The Balaban J connectivity index is 1.88. The number of nitrogens with zero attached hydrogens (tertiary/aromatic N) is 2. The highest BCUT2D eigenvalue weighted by Gasteiger charge is 2.34. The van der Waals surface area contributed by atoms with Gasteiger partial charge in [0.15, 0.2) is 0 Å². The van der Waals surface area contributed by atoms with Crippen molar-refractivity contribution < 1.29 is 23.2 Å². The molecule has 9 heteroatoms. The van der Waals surface area contributed by atoms with E-state index in [1.165, 1.54) is 42.6 Å². The van der Waals surface area contributed by atoms with Gasteiger partial charge in [0.1, 0.15) is 5.52 Å². The van der Waals surface area contributed by atoms with Crippen molar-refractivity contribution in [3.05, 3.63) is 76.0 Å². The largest absolute Gasteiger partial charge is 0.416 e. The SMILES string of the molecule is O=[N+]([O-])c1ccc(NCC(O)c2ccccc2C(F)(F)F)c2ncccc12. The molecule has 2 N–H and O–H groups in total. The van der Waals surface area contributed by atoms with Crippen LogP contribution in [0.3, 0.4) is 0 Å². The summed E-state index contributed by atoms with van der Waals surface area (Å²) in [7, 11) is 0. The monoisotopic (exact) mass is 377 g/mol. The molecular formula is C18H14F3N3O3. The van der Waals surface area contributed by atoms with E-state index in [9.17, 15) is 28.4 Å². The van der Waals surface area contributed by atoms with Gasteiger partial charge in [-0.05, 0) is 29.8 Å². The van der Waals surface area contributed by atoms with Gasteiger partial charge >= 0.3 is 6.18 Å². The number of nitrogens with one attached hydrogen (secondary N) is 1. The van der Waals surface area contributed by atoms with Gasteiger partial charge in [-0.3, -0.25) is 15.1 Å². The summed E-state index contributed by atoms with van der Waals surface area (Å²) in [6.45, 7) is -0.226. The first-order chi connectivity index (χ1) is 12.8. The van der Waals surface area contributed by atoms with Crippen molar-refractivity contribution in [3.8, 4) is 0 Å². The number of aromatic nitrogens is 1. The van der Waals surface area contributed by atoms with E-state index < -0.39 is 22.8 Å². The summed E-state index contributed by atoms with van der Waals surface area (Å²) in [6, 6.07) is 10.5. The zero-order valence-electron chi connectivity index (χ0n) is 13.8. The number of nitro groups is 1. The van der Waals surface area contributed by atoms with Crippen molar-refractivity contribution in [2.75, 3.05) is 11.9 Å². The third-order valence-corrected chi connectivity index (χ3v) is 4.05. The Morgan fingerprint density at radius 1 is 1.15 bits per heavy atom. The number of alkyl halides is 3. The summed E-state index contributed by atoms with van der Waals surface area (Å²) in [5.74, 6) is 0. The van der Waals surface area contributed by atoms with Crippen LogP contribution in [-0.2, 0) is 6.18 Å². The number of pyridine rings is 1. The van der Waals surface area contributed by atoms with Crippen molar-refractivity contribution in [3.63, 3.8) is 0 Å². The molecule has 0 bridgehead atoms. The molecule has 0 fully saturated rings. The summed E-state index contributed by atoms with van der Waals surface area (Å²) in [5, 5.41) is 24.5. The number of non-ortho nitro benzene ring substituents is 1. The van der Waals surface area contributed by atoms with Crippen LogP contribution in [-0.4, -0.2) is 21.6 Å². The average Bonchev–Trinajstić information content (AvgIpc) is 2.64. The van der Waals surface area contributed by atoms with E-state index in [1.807, 2.05) is 0 Å². The topological polar surface area (TPSA) is 88.3 Å². The van der Waals surface area contributed by atoms with Gasteiger partial charge in [0.2, 0.25) is 0 Å². The fourth-order valence-electron chi connectivity index (χ4n) is 2.82. The Morgan fingerprint density at radius 3 is 2.59 bits per heavy atom. The standard InChI is InChI=1S/C18H14F3N3O3/c19-18(20,21)13-6-2-1-4-11(13)16(25)10-23-14-7-8-15(24(26)27)12-5-3-9-22-17(12)14/h1-9,16,23,25H,10H2. The second-order valence-corrected chi connectivity index (χ2v) is 5.77. The number of hydrogen-bond donors (Lipinski definition) is 2. The van der Waals surface area contributed by atoms with E-state index >= 15 is 0 Å². The molecule has 140 valence electrons. The van der Waals surface area contributed by atoms with Crippen LogP contribution in [0.1, 0.15) is 17.2 Å². The fraction of sp³-hybridized carbons (Fsp3) is 0.167. The Morgan fingerprint density at radius 2 is 1.89 bits per heavy atom. The molecule has 0 spiro atoms. The minimum absolute atomic E-state index is 0.133. The molecule has 0 aliphatic carbocycles. The maximum Gasteiger partial charge on any atom is 0.416 e. The molecule has 0 amide bonds. The Bertz CT molecular complexity index is 992. The molecule has 0 saturated carbocycles. The zero-order chi connectivity index (χ0) is 19.6. The molecule has 3 aromatic rings. The van der Waals surface area contributed by atoms with Gasteiger partial charge in [0.25, 0.3) is 5.69 Å². The van der Waals surface area contributed by atoms with Gasteiger partial charge < -0.3 is 10.4 Å². The van der Waals surface area contributed by atoms with Gasteiger partial charge in [0.05, 0.1) is 27.7 Å². The smallest absolute Gasteiger partial charge is 0.387 e. The predicted octanol–water partition coefficient (Wildman–Crippen LogP) is 4.31. The van der Waals surface area contributed by atoms with Crippen LogP contribution in [0.2, 0.25) is 0 Å². The molecule has 0 saturated heterocycles. The van der Waals surface area contributed by atoms with Crippen LogP contribution in [0.25, 0.3) is 10.9 Å². The molecule has 1 atom stereocenters. The minimum atomic E-state index is -4.58. The molecule has 0 aliphatic rings. The van der Waals surface area contributed by atoms with Gasteiger partial charge in [-0.25, -0.2) is 0 Å².